The fourth-order valence-electron chi connectivity index (χ4n) is 1.34. The summed E-state index contributed by atoms with van der Waals surface area (Å²) in [6.45, 7) is 1.61. The molecule has 1 rings (SSSR count). The number of carboxylic acids is 1. The van der Waals surface area contributed by atoms with Gasteiger partial charge in [-0.1, -0.05) is 0 Å². The molecule has 90 valence electrons. The second-order valence-electron chi connectivity index (χ2n) is 3.31. The molecule has 1 N–H and O–H groups in total. The van der Waals surface area contributed by atoms with E-state index in [1.54, 1.807) is 6.92 Å². The van der Waals surface area contributed by atoms with Crippen LogP contribution in [0.2, 0.25) is 0 Å². The van der Waals surface area contributed by atoms with Gasteiger partial charge in [-0.15, -0.1) is 0 Å². The smallest absolute Gasteiger partial charge is 0.328 e. The normalized spacial score (nSPS) is 11.1. The molecule has 0 spiro atoms. The number of carboxylic acid groups (broad SMARTS) is 1. The van der Waals surface area contributed by atoms with Gasteiger partial charge in [0.15, 0.2) is 5.75 Å². The summed E-state index contributed by atoms with van der Waals surface area (Å²) < 4.78 is 4.89. The number of aliphatic carboxylic acids is 1. The van der Waals surface area contributed by atoms with Crippen molar-refractivity contribution in [1.29, 1.82) is 0 Å². The van der Waals surface area contributed by atoms with E-state index in [1.807, 2.05) is 0 Å². The minimum absolute atomic E-state index is 0.102. The van der Waals surface area contributed by atoms with Gasteiger partial charge in [0, 0.05) is 12.1 Å². The Balaban J connectivity index is 3.22. The number of allylic oxidation sites excluding steroid dienone is 1. The number of benzene rings is 1. The lowest BCUT2D eigenvalue weighted by atomic mass is 10.1. The molecule has 6 nitrogen and oxygen atoms in total. The van der Waals surface area contributed by atoms with E-state index in [0.717, 1.165) is 6.08 Å². The summed E-state index contributed by atoms with van der Waals surface area (Å²) in [4.78, 5) is 20.6. The number of hydrogen-bond donors (Lipinski definition) is 1. The molecule has 0 aromatic heterocycles. The molecule has 0 saturated heterocycles. The topological polar surface area (TPSA) is 89.7 Å². The van der Waals surface area contributed by atoms with Crippen LogP contribution in [0.4, 0.5) is 5.69 Å². The first-order valence-corrected chi connectivity index (χ1v) is 4.69. The number of methoxy groups -OCH3 is 1. The zero-order chi connectivity index (χ0) is 13.0. The van der Waals surface area contributed by atoms with E-state index >= 15 is 0 Å². The van der Waals surface area contributed by atoms with E-state index in [9.17, 15) is 14.9 Å². The van der Waals surface area contributed by atoms with E-state index in [4.69, 9.17) is 9.84 Å². The molecule has 0 aliphatic carbocycles. The summed E-state index contributed by atoms with van der Waals surface area (Å²) in [5.74, 6) is -0.967. The molecule has 17 heavy (non-hydrogen) atoms. The van der Waals surface area contributed by atoms with Crippen LogP contribution in [0.25, 0.3) is 5.57 Å². The van der Waals surface area contributed by atoms with Gasteiger partial charge in [0.05, 0.1) is 12.0 Å². The van der Waals surface area contributed by atoms with Gasteiger partial charge in [0.25, 0.3) is 0 Å². The summed E-state index contributed by atoms with van der Waals surface area (Å²) in [6, 6.07) is 4.20. The SMILES string of the molecule is COc1cc(C(C)=CC(=O)O)ccc1[N+](=O)[O-]. The monoisotopic (exact) mass is 237 g/mol. The van der Waals surface area contributed by atoms with E-state index < -0.39 is 10.9 Å². The standard InChI is InChI=1S/C11H11NO5/c1-7(5-11(13)14)8-3-4-9(12(15)16)10(6-8)17-2/h3-6H,1-2H3,(H,13,14). The number of nitro benzene ring substituents is 1. The Bertz CT molecular complexity index is 493. The predicted molar refractivity (Wildman–Crippen MR) is 60.9 cm³/mol. The van der Waals surface area contributed by atoms with Gasteiger partial charge in [-0.05, 0) is 30.2 Å². The van der Waals surface area contributed by atoms with Gasteiger partial charge >= 0.3 is 11.7 Å². The van der Waals surface area contributed by atoms with Gasteiger partial charge in [-0.25, -0.2) is 4.79 Å². The Morgan fingerprint density at radius 2 is 2.18 bits per heavy atom. The summed E-state index contributed by atoms with van der Waals surface area (Å²) in [5, 5.41) is 19.3. The number of nitrogens with zero attached hydrogens (tertiary/aromatic N) is 1. The van der Waals surface area contributed by atoms with Crippen LogP contribution >= 0.6 is 0 Å². The van der Waals surface area contributed by atoms with Crippen LogP contribution < -0.4 is 4.74 Å². The minimum atomic E-state index is -1.07. The molecule has 0 aliphatic rings. The van der Waals surface area contributed by atoms with E-state index in [1.165, 1.54) is 25.3 Å². The second-order valence-corrected chi connectivity index (χ2v) is 3.31. The molecule has 0 bridgehead atoms. The summed E-state index contributed by atoms with van der Waals surface area (Å²) >= 11 is 0. The number of carbonyl (C=O) groups is 1. The van der Waals surface area contributed by atoms with Crippen molar-refractivity contribution >= 4 is 17.2 Å². The van der Waals surface area contributed by atoms with E-state index in [0.29, 0.717) is 11.1 Å². The van der Waals surface area contributed by atoms with Crippen LogP contribution in [-0.2, 0) is 4.79 Å². The number of ether oxygens (including phenoxy) is 1. The van der Waals surface area contributed by atoms with E-state index in [-0.39, 0.29) is 11.4 Å². The third-order valence-corrected chi connectivity index (χ3v) is 2.17. The molecule has 0 saturated carbocycles. The third-order valence-electron chi connectivity index (χ3n) is 2.17. The number of hydrogen-bond acceptors (Lipinski definition) is 4. The molecule has 0 atom stereocenters. The largest absolute Gasteiger partial charge is 0.490 e. The fraction of sp³-hybridized carbons (Fsp3) is 0.182. The van der Waals surface area contributed by atoms with Crippen LogP contribution in [0.1, 0.15) is 12.5 Å². The Labute approximate surface area is 97.3 Å². The number of rotatable bonds is 4. The van der Waals surface area contributed by atoms with Gasteiger partial charge < -0.3 is 9.84 Å². The van der Waals surface area contributed by atoms with Gasteiger partial charge in [0.2, 0.25) is 0 Å². The highest BCUT2D eigenvalue weighted by atomic mass is 16.6. The quantitative estimate of drug-likeness (QED) is 0.492. The van der Waals surface area contributed by atoms with Crippen LogP contribution in [0.3, 0.4) is 0 Å². The maximum Gasteiger partial charge on any atom is 0.328 e. The maximum absolute atomic E-state index is 10.7. The van der Waals surface area contributed by atoms with Crippen LogP contribution in [0, 0.1) is 10.1 Å². The van der Waals surface area contributed by atoms with Gasteiger partial charge in [-0.2, -0.15) is 0 Å². The molecule has 6 heteroatoms. The molecule has 0 heterocycles. The molecule has 0 fully saturated rings. The first-order chi connectivity index (χ1) is 7.95. The van der Waals surface area contributed by atoms with Crippen molar-refractivity contribution in [2.24, 2.45) is 0 Å². The Hall–Kier alpha value is -2.37. The van der Waals surface area contributed by atoms with Crippen molar-refractivity contribution in [3.8, 4) is 5.75 Å². The molecule has 0 aliphatic heterocycles. The Morgan fingerprint density at radius 1 is 1.53 bits per heavy atom. The molecular weight excluding hydrogens is 226 g/mol. The van der Waals surface area contributed by atoms with E-state index in [2.05, 4.69) is 0 Å². The Morgan fingerprint density at radius 3 is 2.65 bits per heavy atom. The minimum Gasteiger partial charge on any atom is -0.490 e. The molecule has 1 aromatic carbocycles. The predicted octanol–water partition coefficient (Wildman–Crippen LogP) is 2.09. The van der Waals surface area contributed by atoms with Crippen LogP contribution in [0.15, 0.2) is 24.3 Å². The second kappa shape index (κ2) is 5.11. The molecule has 0 unspecified atom stereocenters. The highest BCUT2D eigenvalue weighted by Crippen LogP contribution is 2.29. The number of nitro groups is 1. The third kappa shape index (κ3) is 3.04. The average Bonchev–Trinajstić information content (AvgIpc) is 2.27. The molecule has 1 aromatic rings. The van der Waals surface area contributed by atoms with Crippen molar-refractivity contribution in [3.63, 3.8) is 0 Å². The summed E-state index contributed by atoms with van der Waals surface area (Å²) in [7, 11) is 1.32. The van der Waals surface area contributed by atoms with Crippen molar-refractivity contribution in [3.05, 3.63) is 40.0 Å². The van der Waals surface area contributed by atoms with Crippen molar-refractivity contribution in [2.75, 3.05) is 7.11 Å². The molecule has 0 radical (unpaired) electrons. The highest BCUT2D eigenvalue weighted by Gasteiger charge is 2.15. The molecular formula is C11H11NO5. The highest BCUT2D eigenvalue weighted by molar-refractivity contribution is 5.89. The van der Waals surface area contributed by atoms with Crippen molar-refractivity contribution in [1.82, 2.24) is 0 Å². The Kier molecular flexibility index (Phi) is 3.82. The van der Waals surface area contributed by atoms with Gasteiger partial charge in [-0.3, -0.25) is 10.1 Å². The van der Waals surface area contributed by atoms with Crippen LogP contribution in [-0.4, -0.2) is 23.1 Å². The first-order valence-electron chi connectivity index (χ1n) is 4.69. The van der Waals surface area contributed by atoms with Crippen molar-refractivity contribution < 1.29 is 19.6 Å². The van der Waals surface area contributed by atoms with Gasteiger partial charge in [0.1, 0.15) is 0 Å². The summed E-state index contributed by atoms with van der Waals surface area (Å²) in [6.07, 6.45) is 1.03. The fourth-order valence-corrected chi connectivity index (χ4v) is 1.34. The first kappa shape index (κ1) is 12.7. The lowest BCUT2D eigenvalue weighted by molar-refractivity contribution is -0.385. The zero-order valence-corrected chi connectivity index (χ0v) is 9.34. The zero-order valence-electron chi connectivity index (χ0n) is 9.34. The van der Waals surface area contributed by atoms with Crippen LogP contribution in [0.5, 0.6) is 5.75 Å². The molecule has 0 amide bonds. The maximum atomic E-state index is 10.7. The lowest BCUT2D eigenvalue weighted by Crippen LogP contribution is -1.95. The van der Waals surface area contributed by atoms with Crippen molar-refractivity contribution in [2.45, 2.75) is 6.92 Å². The lowest BCUT2D eigenvalue weighted by Gasteiger charge is -2.05. The summed E-state index contributed by atoms with van der Waals surface area (Å²) in [5.41, 5.74) is 0.903. The average molecular weight is 237 g/mol.